The van der Waals surface area contributed by atoms with E-state index in [1.807, 2.05) is 45.9 Å². The molecule has 3 nitrogen and oxygen atoms in total. The molecule has 0 aliphatic heterocycles. The van der Waals surface area contributed by atoms with Crippen LogP contribution in [0.5, 0.6) is 0 Å². The van der Waals surface area contributed by atoms with Gasteiger partial charge in [-0.2, -0.15) is 0 Å². The molecule has 17 heavy (non-hydrogen) atoms. The van der Waals surface area contributed by atoms with Crippen LogP contribution in [0.15, 0.2) is 18.2 Å². The molecule has 1 aromatic carbocycles. The number of amides is 1. The average Bonchev–Trinajstić information content (AvgIpc) is 2.21. The van der Waals surface area contributed by atoms with Crippen LogP contribution in [0.25, 0.3) is 0 Å². The Morgan fingerprint density at radius 2 is 1.94 bits per heavy atom. The molecule has 0 aliphatic rings. The fourth-order valence-corrected chi connectivity index (χ4v) is 1.41. The third kappa shape index (κ3) is 4.36. The van der Waals surface area contributed by atoms with Crippen LogP contribution in [0.3, 0.4) is 0 Å². The molecule has 0 fully saturated rings. The first-order valence-corrected chi connectivity index (χ1v) is 5.45. The summed E-state index contributed by atoms with van der Waals surface area (Å²) < 4.78 is 0. The van der Waals surface area contributed by atoms with Crippen molar-refractivity contribution in [1.82, 2.24) is 5.32 Å². The molecule has 4 heteroatoms. The monoisotopic (exact) mass is 256 g/mol. The van der Waals surface area contributed by atoms with Crippen LogP contribution in [0, 0.1) is 13.8 Å². The Labute approximate surface area is 109 Å². The summed E-state index contributed by atoms with van der Waals surface area (Å²) in [5.41, 5.74) is 8.01. The van der Waals surface area contributed by atoms with Gasteiger partial charge in [0.05, 0.1) is 0 Å². The third-order valence-electron chi connectivity index (χ3n) is 2.60. The highest BCUT2D eigenvalue weighted by Crippen LogP contribution is 2.12. The highest BCUT2D eigenvalue weighted by molar-refractivity contribution is 5.96. The van der Waals surface area contributed by atoms with Gasteiger partial charge in [0.15, 0.2) is 0 Å². The van der Waals surface area contributed by atoms with Gasteiger partial charge in [0.25, 0.3) is 5.91 Å². The predicted molar refractivity (Wildman–Crippen MR) is 73.8 cm³/mol. The molecule has 0 saturated heterocycles. The molecule has 0 radical (unpaired) electrons. The number of hydrogen-bond acceptors (Lipinski definition) is 2. The van der Waals surface area contributed by atoms with Crippen molar-refractivity contribution in [2.75, 3.05) is 6.54 Å². The van der Waals surface area contributed by atoms with Crippen molar-refractivity contribution in [3.8, 4) is 0 Å². The third-order valence-corrected chi connectivity index (χ3v) is 2.60. The van der Waals surface area contributed by atoms with Crippen LogP contribution >= 0.6 is 12.4 Å². The summed E-state index contributed by atoms with van der Waals surface area (Å²) in [6.45, 7) is 8.16. The van der Waals surface area contributed by atoms with E-state index in [0.29, 0.717) is 6.54 Å². The molecule has 0 spiro atoms. The summed E-state index contributed by atoms with van der Waals surface area (Å²) in [6.07, 6.45) is 0. The van der Waals surface area contributed by atoms with Crippen molar-refractivity contribution < 1.29 is 4.79 Å². The van der Waals surface area contributed by atoms with Gasteiger partial charge in [-0.3, -0.25) is 4.79 Å². The quantitative estimate of drug-likeness (QED) is 0.871. The highest BCUT2D eigenvalue weighted by Gasteiger charge is 2.20. The number of aryl methyl sites for hydroxylation is 2. The number of hydrogen-bond donors (Lipinski definition) is 2. The lowest BCUT2D eigenvalue weighted by atomic mass is 10.0. The van der Waals surface area contributed by atoms with Gasteiger partial charge >= 0.3 is 0 Å². The summed E-state index contributed by atoms with van der Waals surface area (Å²) in [4.78, 5) is 12.0. The van der Waals surface area contributed by atoms with E-state index in [4.69, 9.17) is 5.73 Å². The predicted octanol–water partition coefficient (Wildman–Crippen LogP) is 2.19. The maximum Gasteiger partial charge on any atom is 0.252 e. The largest absolute Gasteiger partial charge is 0.346 e. The van der Waals surface area contributed by atoms with Gasteiger partial charge in [0, 0.05) is 17.6 Å². The molecule has 1 amide bonds. The lowest BCUT2D eigenvalue weighted by Crippen LogP contribution is -2.49. The van der Waals surface area contributed by atoms with Gasteiger partial charge in [0.2, 0.25) is 0 Å². The molecule has 1 aromatic rings. The Bertz CT molecular complexity index is 402. The lowest BCUT2D eigenvalue weighted by molar-refractivity contribution is 0.0915. The van der Waals surface area contributed by atoms with E-state index in [1.54, 1.807) is 0 Å². The van der Waals surface area contributed by atoms with Gasteiger partial charge in [0.1, 0.15) is 0 Å². The Kier molecular flexibility index (Phi) is 5.66. The molecule has 0 bridgehead atoms. The molecule has 0 heterocycles. The first-order valence-electron chi connectivity index (χ1n) is 5.45. The van der Waals surface area contributed by atoms with Crippen molar-refractivity contribution in [3.63, 3.8) is 0 Å². The van der Waals surface area contributed by atoms with Crippen LogP contribution in [0.4, 0.5) is 0 Å². The van der Waals surface area contributed by atoms with E-state index in [1.165, 1.54) is 0 Å². The summed E-state index contributed by atoms with van der Waals surface area (Å²) in [5.74, 6) is -0.0587. The Hall–Kier alpha value is -1.06. The normalized spacial score (nSPS) is 10.6. The molecular formula is C13H21ClN2O. The minimum Gasteiger partial charge on any atom is -0.346 e. The van der Waals surface area contributed by atoms with Crippen molar-refractivity contribution in [3.05, 3.63) is 34.9 Å². The number of benzene rings is 1. The molecule has 0 saturated carbocycles. The van der Waals surface area contributed by atoms with E-state index in [2.05, 4.69) is 5.32 Å². The van der Waals surface area contributed by atoms with Crippen molar-refractivity contribution >= 4 is 18.3 Å². The van der Waals surface area contributed by atoms with Gasteiger partial charge in [-0.25, -0.2) is 0 Å². The number of carbonyl (C=O) groups is 1. The Morgan fingerprint density at radius 3 is 2.47 bits per heavy atom. The molecule has 1 rings (SSSR count). The van der Waals surface area contributed by atoms with Crippen LogP contribution in [-0.4, -0.2) is 18.0 Å². The van der Waals surface area contributed by atoms with Crippen molar-refractivity contribution in [1.29, 1.82) is 0 Å². The zero-order valence-corrected chi connectivity index (χ0v) is 11.6. The zero-order valence-electron chi connectivity index (χ0n) is 10.8. The number of carbonyl (C=O) groups excluding carboxylic acids is 1. The summed E-state index contributed by atoms with van der Waals surface area (Å²) in [6, 6.07) is 5.86. The van der Waals surface area contributed by atoms with Gasteiger partial charge < -0.3 is 11.1 Å². The number of nitrogens with one attached hydrogen (secondary N) is 1. The molecule has 0 atom stereocenters. The van der Waals surface area contributed by atoms with Crippen molar-refractivity contribution in [2.45, 2.75) is 33.2 Å². The van der Waals surface area contributed by atoms with E-state index in [9.17, 15) is 4.79 Å². The summed E-state index contributed by atoms with van der Waals surface area (Å²) >= 11 is 0. The molecule has 96 valence electrons. The minimum atomic E-state index is -0.368. The smallest absolute Gasteiger partial charge is 0.252 e. The molecular weight excluding hydrogens is 236 g/mol. The van der Waals surface area contributed by atoms with Crippen LogP contribution in [0.2, 0.25) is 0 Å². The standard InChI is InChI=1S/C13H20N2O.ClH/c1-9-5-6-10(2)11(7-9)12(16)15-13(3,4)8-14;/h5-7H,8,14H2,1-4H3,(H,15,16);1H. The molecule has 0 aliphatic carbocycles. The zero-order chi connectivity index (χ0) is 12.3. The lowest BCUT2D eigenvalue weighted by Gasteiger charge is -2.24. The maximum absolute atomic E-state index is 12.0. The SMILES string of the molecule is Cc1ccc(C)c(C(=O)NC(C)(C)CN)c1.Cl. The first kappa shape index (κ1) is 15.9. The van der Waals surface area contributed by atoms with Crippen LogP contribution < -0.4 is 11.1 Å². The fraction of sp³-hybridized carbons (Fsp3) is 0.462. The fourth-order valence-electron chi connectivity index (χ4n) is 1.41. The second-order valence-electron chi connectivity index (χ2n) is 4.86. The minimum absolute atomic E-state index is 0. The molecule has 3 N–H and O–H groups in total. The summed E-state index contributed by atoms with van der Waals surface area (Å²) in [7, 11) is 0. The number of rotatable bonds is 3. The van der Waals surface area contributed by atoms with Gasteiger partial charge in [-0.1, -0.05) is 17.7 Å². The van der Waals surface area contributed by atoms with Crippen molar-refractivity contribution in [2.24, 2.45) is 5.73 Å². The first-order chi connectivity index (χ1) is 7.35. The van der Waals surface area contributed by atoms with E-state index >= 15 is 0 Å². The molecule has 0 aromatic heterocycles. The van der Waals surface area contributed by atoms with Crippen LogP contribution in [-0.2, 0) is 0 Å². The van der Waals surface area contributed by atoms with Crippen LogP contribution in [0.1, 0.15) is 35.3 Å². The highest BCUT2D eigenvalue weighted by atomic mass is 35.5. The van der Waals surface area contributed by atoms with Gasteiger partial charge in [-0.15, -0.1) is 12.4 Å². The topological polar surface area (TPSA) is 55.1 Å². The summed E-state index contributed by atoms with van der Waals surface area (Å²) in [5, 5.41) is 2.93. The average molecular weight is 257 g/mol. The second-order valence-corrected chi connectivity index (χ2v) is 4.86. The Morgan fingerprint density at radius 1 is 1.35 bits per heavy atom. The molecule has 0 unspecified atom stereocenters. The number of nitrogens with two attached hydrogens (primary N) is 1. The van der Waals surface area contributed by atoms with Gasteiger partial charge in [-0.05, 0) is 39.3 Å². The Balaban J connectivity index is 0.00000256. The second kappa shape index (κ2) is 6.03. The van der Waals surface area contributed by atoms with E-state index in [0.717, 1.165) is 16.7 Å². The maximum atomic E-state index is 12.0. The number of halogens is 1. The van der Waals surface area contributed by atoms with E-state index < -0.39 is 0 Å². The van der Waals surface area contributed by atoms with E-state index in [-0.39, 0.29) is 23.9 Å².